The minimum absolute atomic E-state index is 0. The molecule has 4 aromatic rings. The molecule has 136 valence electrons. The zero-order valence-electron chi connectivity index (χ0n) is 14.4. The third-order valence-corrected chi connectivity index (χ3v) is 4.35. The molecule has 1 N–H and O–H groups in total. The van der Waals surface area contributed by atoms with Crippen molar-refractivity contribution in [3.8, 4) is 0 Å². The van der Waals surface area contributed by atoms with E-state index in [0.717, 1.165) is 22.2 Å². The van der Waals surface area contributed by atoms with Crippen LogP contribution in [0.25, 0.3) is 10.8 Å². The van der Waals surface area contributed by atoms with Gasteiger partial charge in [-0.05, 0) is 29.3 Å². The first-order chi connectivity index (χ1) is 12.7. The molecule has 0 aliphatic carbocycles. The second-order valence-electron chi connectivity index (χ2n) is 6.17. The number of halogens is 2. The molecule has 2 heterocycles. The fourth-order valence-corrected chi connectivity index (χ4v) is 3.04. The lowest BCUT2D eigenvalue weighted by atomic mass is 10.0. The van der Waals surface area contributed by atoms with E-state index in [0.29, 0.717) is 18.4 Å². The monoisotopic (exact) mass is 381 g/mol. The zero-order valence-corrected chi connectivity index (χ0v) is 15.2. The van der Waals surface area contributed by atoms with E-state index >= 15 is 0 Å². The molecular weight excluding hydrogens is 365 g/mol. The molecule has 4 rings (SSSR count). The van der Waals surface area contributed by atoms with Crippen molar-refractivity contribution in [3.05, 3.63) is 106 Å². The highest BCUT2D eigenvalue weighted by Gasteiger charge is 2.11. The predicted molar refractivity (Wildman–Crippen MR) is 97.3 cm³/mol. The van der Waals surface area contributed by atoms with Gasteiger partial charge in [0.1, 0.15) is 5.82 Å². The molecule has 27 heavy (non-hydrogen) atoms. The summed E-state index contributed by atoms with van der Waals surface area (Å²) in [5.41, 5.74) is 2.62. The van der Waals surface area contributed by atoms with Crippen LogP contribution in [0, 0.1) is 5.82 Å². The van der Waals surface area contributed by atoms with E-state index in [1.54, 1.807) is 12.1 Å². The van der Waals surface area contributed by atoms with Gasteiger partial charge in [-0.1, -0.05) is 30.3 Å². The summed E-state index contributed by atoms with van der Waals surface area (Å²) in [6.45, 7) is 0.398. The molecule has 0 aliphatic heterocycles. The smallest absolute Gasteiger partial charge is 0.274 e. The Balaban J connectivity index is 0.00000210. The molecule has 2 aromatic heterocycles. The number of benzene rings is 2. The van der Waals surface area contributed by atoms with Crippen molar-refractivity contribution < 1.29 is 21.8 Å². The number of nitrogens with one attached hydrogen (secondary N) is 1. The van der Waals surface area contributed by atoms with Crippen LogP contribution in [-0.2, 0) is 13.0 Å². The predicted octanol–water partition coefficient (Wildman–Crippen LogP) is -0.00720. The molecule has 0 spiro atoms. The normalized spacial score (nSPS) is 10.6. The van der Waals surface area contributed by atoms with Crippen molar-refractivity contribution >= 4 is 10.8 Å². The SMILES string of the molecule is O=c1c2ccccc2c(Cc2ccc(F)cc2)nn1Cc1cc[nH+]cc1.[Cl-]. The minimum Gasteiger partial charge on any atom is -1.00 e. The number of aromatic amines is 1. The lowest BCUT2D eigenvalue weighted by Crippen LogP contribution is -3.00. The summed E-state index contributed by atoms with van der Waals surface area (Å²) >= 11 is 0. The van der Waals surface area contributed by atoms with Crippen molar-refractivity contribution in [2.75, 3.05) is 0 Å². The molecule has 0 aliphatic rings. The Kier molecular flexibility index (Phi) is 5.62. The van der Waals surface area contributed by atoms with Crippen LogP contribution in [0.3, 0.4) is 0 Å². The van der Waals surface area contributed by atoms with E-state index in [1.165, 1.54) is 16.8 Å². The van der Waals surface area contributed by atoms with Crippen LogP contribution >= 0.6 is 0 Å². The molecule has 0 saturated carbocycles. The number of hydrogen-bond donors (Lipinski definition) is 0. The van der Waals surface area contributed by atoms with Crippen LogP contribution in [0.1, 0.15) is 16.8 Å². The van der Waals surface area contributed by atoms with Crippen LogP contribution in [0.2, 0.25) is 0 Å². The third-order valence-electron chi connectivity index (χ3n) is 4.35. The van der Waals surface area contributed by atoms with Gasteiger partial charge >= 0.3 is 0 Å². The van der Waals surface area contributed by atoms with Gasteiger partial charge in [0, 0.05) is 23.9 Å². The molecule has 4 nitrogen and oxygen atoms in total. The molecule has 0 atom stereocenters. The number of hydrogen-bond acceptors (Lipinski definition) is 2. The van der Waals surface area contributed by atoms with Gasteiger partial charge in [0.25, 0.3) is 5.56 Å². The fraction of sp³-hybridized carbons (Fsp3) is 0.0952. The molecule has 6 heteroatoms. The van der Waals surface area contributed by atoms with E-state index < -0.39 is 0 Å². The highest BCUT2D eigenvalue weighted by atomic mass is 35.5. The quantitative estimate of drug-likeness (QED) is 0.499. The summed E-state index contributed by atoms with van der Waals surface area (Å²) in [5, 5.41) is 6.09. The summed E-state index contributed by atoms with van der Waals surface area (Å²) < 4.78 is 14.7. The summed E-state index contributed by atoms with van der Waals surface area (Å²) in [7, 11) is 0. The molecular formula is C21H17ClFN3O. The Hall–Kier alpha value is -3.05. The van der Waals surface area contributed by atoms with Gasteiger partial charge in [-0.25, -0.2) is 14.1 Å². The van der Waals surface area contributed by atoms with Gasteiger partial charge < -0.3 is 12.4 Å². The van der Waals surface area contributed by atoms with Crippen molar-refractivity contribution in [2.45, 2.75) is 13.0 Å². The third kappa shape index (κ3) is 4.04. The van der Waals surface area contributed by atoms with E-state index in [9.17, 15) is 9.18 Å². The maximum Gasteiger partial charge on any atom is 0.274 e. The number of aromatic nitrogens is 3. The molecule has 2 aromatic carbocycles. The first-order valence-corrected chi connectivity index (χ1v) is 8.39. The van der Waals surface area contributed by atoms with E-state index in [1.807, 2.05) is 48.8 Å². The van der Waals surface area contributed by atoms with Gasteiger partial charge in [0.2, 0.25) is 0 Å². The first-order valence-electron chi connectivity index (χ1n) is 8.39. The highest BCUT2D eigenvalue weighted by molar-refractivity contribution is 5.83. The van der Waals surface area contributed by atoms with Gasteiger partial charge in [-0.15, -0.1) is 0 Å². The topological polar surface area (TPSA) is 49.0 Å². The number of pyridine rings is 1. The summed E-state index contributed by atoms with van der Waals surface area (Å²) in [4.78, 5) is 15.8. The van der Waals surface area contributed by atoms with Crippen LogP contribution in [0.15, 0.2) is 77.9 Å². The van der Waals surface area contributed by atoms with Crippen LogP contribution in [0.4, 0.5) is 4.39 Å². The fourth-order valence-electron chi connectivity index (χ4n) is 3.04. The number of rotatable bonds is 4. The van der Waals surface area contributed by atoms with Crippen molar-refractivity contribution in [2.24, 2.45) is 0 Å². The van der Waals surface area contributed by atoms with Gasteiger partial charge in [-0.3, -0.25) is 4.79 Å². The standard InChI is InChI=1S/C21H16FN3O.ClH/c22-17-7-5-15(6-8-17)13-20-18-3-1-2-4-19(18)21(26)25(24-20)14-16-9-11-23-12-10-16;/h1-12H,13-14H2;1H. The summed E-state index contributed by atoms with van der Waals surface area (Å²) in [6.07, 6.45) is 4.17. The van der Waals surface area contributed by atoms with Crippen LogP contribution in [-0.4, -0.2) is 9.78 Å². The second-order valence-corrected chi connectivity index (χ2v) is 6.17. The van der Waals surface area contributed by atoms with Crippen LogP contribution in [0.5, 0.6) is 0 Å². The molecule has 0 amide bonds. The minimum atomic E-state index is -0.266. The maximum atomic E-state index is 13.2. The molecule has 0 fully saturated rings. The Morgan fingerprint density at radius 3 is 2.26 bits per heavy atom. The van der Waals surface area contributed by atoms with Crippen molar-refractivity contribution in [3.63, 3.8) is 0 Å². The highest BCUT2D eigenvalue weighted by Crippen LogP contribution is 2.17. The number of H-pyrrole nitrogens is 1. The number of nitrogens with zero attached hydrogens (tertiary/aromatic N) is 2. The van der Waals surface area contributed by atoms with Gasteiger partial charge in [0.15, 0.2) is 12.4 Å². The zero-order chi connectivity index (χ0) is 17.9. The Morgan fingerprint density at radius 2 is 1.56 bits per heavy atom. The molecule has 0 radical (unpaired) electrons. The summed E-state index contributed by atoms with van der Waals surface area (Å²) in [6, 6.07) is 17.7. The average molecular weight is 382 g/mol. The van der Waals surface area contributed by atoms with Crippen molar-refractivity contribution in [1.82, 2.24) is 9.78 Å². The lowest BCUT2D eigenvalue weighted by Gasteiger charge is -2.11. The molecule has 0 unspecified atom stereocenters. The largest absolute Gasteiger partial charge is 1.00 e. The molecule has 0 saturated heterocycles. The average Bonchev–Trinajstić information content (AvgIpc) is 2.68. The van der Waals surface area contributed by atoms with Crippen molar-refractivity contribution in [1.29, 1.82) is 0 Å². The number of fused-ring (bicyclic) bond motifs is 1. The lowest BCUT2D eigenvalue weighted by molar-refractivity contribution is -0.378. The molecule has 0 bridgehead atoms. The first kappa shape index (κ1) is 18.7. The van der Waals surface area contributed by atoms with E-state index in [2.05, 4.69) is 10.1 Å². The van der Waals surface area contributed by atoms with E-state index in [4.69, 9.17) is 0 Å². The maximum absolute atomic E-state index is 13.2. The Labute approximate surface area is 161 Å². The van der Waals surface area contributed by atoms with E-state index in [-0.39, 0.29) is 23.8 Å². The van der Waals surface area contributed by atoms with Gasteiger partial charge in [-0.2, -0.15) is 5.10 Å². The Bertz CT molecular complexity index is 1110. The second kappa shape index (κ2) is 8.10. The summed E-state index contributed by atoms with van der Waals surface area (Å²) in [5.74, 6) is -0.266. The van der Waals surface area contributed by atoms with Crippen LogP contribution < -0.4 is 23.0 Å². The van der Waals surface area contributed by atoms with Gasteiger partial charge in [0.05, 0.1) is 17.6 Å². The Morgan fingerprint density at radius 1 is 0.889 bits per heavy atom.